The lowest BCUT2D eigenvalue weighted by molar-refractivity contribution is 0.373. The van der Waals surface area contributed by atoms with Crippen LogP contribution in [0, 0.1) is 12.3 Å². The second kappa shape index (κ2) is 6.56. The van der Waals surface area contributed by atoms with Crippen molar-refractivity contribution in [1.82, 2.24) is 9.97 Å². The van der Waals surface area contributed by atoms with E-state index in [9.17, 15) is 0 Å². The van der Waals surface area contributed by atoms with Crippen LogP contribution in [0.15, 0.2) is 6.07 Å². The first-order valence-corrected chi connectivity index (χ1v) is 7.34. The second-order valence-electron chi connectivity index (χ2n) is 6.65. The van der Waals surface area contributed by atoms with E-state index in [2.05, 4.69) is 49.9 Å². The Morgan fingerprint density at radius 2 is 1.89 bits per heavy atom. The third-order valence-corrected chi connectivity index (χ3v) is 3.04. The van der Waals surface area contributed by atoms with E-state index in [0.29, 0.717) is 5.92 Å². The summed E-state index contributed by atoms with van der Waals surface area (Å²) in [6, 6.07) is 1.96. The van der Waals surface area contributed by atoms with Crippen LogP contribution >= 0.6 is 11.6 Å². The van der Waals surface area contributed by atoms with Crippen LogP contribution in [0.25, 0.3) is 0 Å². The lowest BCUT2D eigenvalue weighted by atomic mass is 9.90. The number of anilines is 1. The number of rotatable bonds is 5. The molecule has 108 valence electrons. The zero-order valence-electron chi connectivity index (χ0n) is 12.9. The molecule has 1 heterocycles. The van der Waals surface area contributed by atoms with E-state index < -0.39 is 0 Å². The van der Waals surface area contributed by atoms with Gasteiger partial charge in [0.25, 0.3) is 0 Å². The molecule has 0 aliphatic heterocycles. The van der Waals surface area contributed by atoms with Crippen LogP contribution in [-0.4, -0.2) is 21.9 Å². The van der Waals surface area contributed by atoms with E-state index in [0.717, 1.165) is 30.3 Å². The fourth-order valence-electron chi connectivity index (χ4n) is 1.89. The molecule has 0 aliphatic rings. The molecule has 0 radical (unpaired) electrons. The van der Waals surface area contributed by atoms with Gasteiger partial charge in [0.1, 0.15) is 11.6 Å². The monoisotopic (exact) mass is 283 g/mol. The molecular formula is C15H26ClN3. The molecule has 0 fully saturated rings. The highest BCUT2D eigenvalue weighted by molar-refractivity contribution is 6.20. The Morgan fingerprint density at radius 3 is 2.42 bits per heavy atom. The molecular weight excluding hydrogens is 258 g/mol. The summed E-state index contributed by atoms with van der Waals surface area (Å²) in [5, 5.41) is 3.43. The van der Waals surface area contributed by atoms with E-state index in [1.807, 2.05) is 13.0 Å². The number of aromatic nitrogens is 2. The highest BCUT2D eigenvalue weighted by Gasteiger charge is 2.17. The molecule has 0 aliphatic carbocycles. The molecule has 0 spiro atoms. The van der Waals surface area contributed by atoms with Crippen molar-refractivity contribution in [2.24, 2.45) is 5.41 Å². The minimum Gasteiger partial charge on any atom is -0.368 e. The Morgan fingerprint density at radius 1 is 1.26 bits per heavy atom. The van der Waals surface area contributed by atoms with Crippen LogP contribution in [0.3, 0.4) is 0 Å². The van der Waals surface area contributed by atoms with Gasteiger partial charge in [0.05, 0.1) is 5.38 Å². The number of nitrogens with one attached hydrogen (secondary N) is 1. The largest absolute Gasteiger partial charge is 0.368 e. The molecule has 0 amide bonds. The standard InChI is InChI=1S/C15H26ClN3/c1-10(2)14-18-11(3)7-13(19-14)17-9-12(16)8-15(4,5)6/h7,10,12H,8-9H2,1-6H3,(H,17,18,19). The summed E-state index contributed by atoms with van der Waals surface area (Å²) < 4.78 is 0. The van der Waals surface area contributed by atoms with Gasteiger partial charge in [-0.15, -0.1) is 11.6 Å². The van der Waals surface area contributed by atoms with Gasteiger partial charge in [-0.25, -0.2) is 9.97 Å². The Hall–Kier alpha value is -0.830. The lowest BCUT2D eigenvalue weighted by Crippen LogP contribution is -2.21. The maximum atomic E-state index is 6.35. The summed E-state index contributed by atoms with van der Waals surface area (Å²) in [7, 11) is 0. The number of hydrogen-bond acceptors (Lipinski definition) is 3. The van der Waals surface area contributed by atoms with Crippen molar-refractivity contribution in [3.8, 4) is 0 Å². The first-order chi connectivity index (χ1) is 8.67. The van der Waals surface area contributed by atoms with Crippen molar-refractivity contribution >= 4 is 17.4 Å². The summed E-state index contributed by atoms with van der Waals surface area (Å²) in [4.78, 5) is 8.96. The molecule has 1 unspecified atom stereocenters. The predicted molar refractivity (Wildman–Crippen MR) is 83.1 cm³/mol. The van der Waals surface area contributed by atoms with Gasteiger partial charge in [-0.3, -0.25) is 0 Å². The maximum Gasteiger partial charge on any atom is 0.133 e. The van der Waals surface area contributed by atoms with Gasteiger partial charge < -0.3 is 5.32 Å². The number of hydrogen-bond donors (Lipinski definition) is 1. The number of aryl methyl sites for hydroxylation is 1. The molecule has 0 saturated carbocycles. The summed E-state index contributed by atoms with van der Waals surface area (Å²) in [6.07, 6.45) is 0.975. The average molecular weight is 284 g/mol. The average Bonchev–Trinajstić information content (AvgIpc) is 2.23. The Labute approximate surface area is 122 Å². The van der Waals surface area contributed by atoms with Crippen molar-refractivity contribution in [1.29, 1.82) is 0 Å². The zero-order chi connectivity index (χ0) is 14.6. The normalized spacial score (nSPS) is 13.7. The van der Waals surface area contributed by atoms with Crippen LogP contribution in [0.1, 0.15) is 58.5 Å². The fraction of sp³-hybridized carbons (Fsp3) is 0.733. The molecule has 1 rings (SSSR count). The first kappa shape index (κ1) is 16.2. The summed E-state index contributed by atoms with van der Waals surface area (Å²) >= 11 is 6.35. The topological polar surface area (TPSA) is 37.8 Å². The van der Waals surface area contributed by atoms with E-state index in [4.69, 9.17) is 11.6 Å². The first-order valence-electron chi connectivity index (χ1n) is 6.91. The van der Waals surface area contributed by atoms with Gasteiger partial charge in [-0.1, -0.05) is 34.6 Å². The summed E-state index contributed by atoms with van der Waals surface area (Å²) in [5.41, 5.74) is 1.24. The molecule has 1 aromatic rings. The third-order valence-electron chi connectivity index (χ3n) is 2.73. The molecule has 4 heteroatoms. The Bertz CT molecular complexity index is 410. The number of halogens is 1. The molecule has 3 nitrogen and oxygen atoms in total. The molecule has 1 atom stereocenters. The van der Waals surface area contributed by atoms with Crippen molar-refractivity contribution in [3.05, 3.63) is 17.6 Å². The molecule has 19 heavy (non-hydrogen) atoms. The maximum absolute atomic E-state index is 6.35. The van der Waals surface area contributed by atoms with Gasteiger partial charge in [0.15, 0.2) is 0 Å². The van der Waals surface area contributed by atoms with Crippen LogP contribution in [0.5, 0.6) is 0 Å². The zero-order valence-corrected chi connectivity index (χ0v) is 13.7. The van der Waals surface area contributed by atoms with Gasteiger partial charge in [-0.05, 0) is 18.8 Å². The van der Waals surface area contributed by atoms with Gasteiger partial charge in [0, 0.05) is 24.2 Å². The van der Waals surface area contributed by atoms with E-state index in [1.54, 1.807) is 0 Å². The van der Waals surface area contributed by atoms with Gasteiger partial charge in [0.2, 0.25) is 0 Å². The van der Waals surface area contributed by atoms with Crippen LogP contribution in [-0.2, 0) is 0 Å². The second-order valence-corrected chi connectivity index (χ2v) is 7.27. The fourth-order valence-corrected chi connectivity index (χ4v) is 2.43. The van der Waals surface area contributed by atoms with Crippen LogP contribution in [0.2, 0.25) is 0 Å². The van der Waals surface area contributed by atoms with E-state index in [-0.39, 0.29) is 10.8 Å². The predicted octanol–water partition coefficient (Wildman–Crippen LogP) is 4.36. The highest BCUT2D eigenvalue weighted by Crippen LogP contribution is 2.24. The van der Waals surface area contributed by atoms with Gasteiger partial charge >= 0.3 is 0 Å². The summed E-state index contributed by atoms with van der Waals surface area (Å²) in [6.45, 7) is 13.5. The third kappa shape index (κ3) is 6.24. The number of nitrogens with zero attached hydrogens (tertiary/aromatic N) is 2. The molecule has 0 saturated heterocycles. The molecule has 1 aromatic heterocycles. The Kier molecular flexibility index (Phi) is 5.60. The van der Waals surface area contributed by atoms with Gasteiger partial charge in [-0.2, -0.15) is 0 Å². The van der Waals surface area contributed by atoms with E-state index in [1.165, 1.54) is 0 Å². The SMILES string of the molecule is Cc1cc(NCC(Cl)CC(C)(C)C)nc(C(C)C)n1. The van der Waals surface area contributed by atoms with E-state index >= 15 is 0 Å². The van der Waals surface area contributed by atoms with Crippen molar-refractivity contribution in [2.75, 3.05) is 11.9 Å². The molecule has 1 N–H and O–H groups in total. The van der Waals surface area contributed by atoms with Crippen molar-refractivity contribution < 1.29 is 0 Å². The number of alkyl halides is 1. The smallest absolute Gasteiger partial charge is 0.133 e. The highest BCUT2D eigenvalue weighted by atomic mass is 35.5. The minimum atomic E-state index is 0.109. The molecule has 0 bridgehead atoms. The quantitative estimate of drug-likeness (QED) is 0.816. The minimum absolute atomic E-state index is 0.109. The van der Waals surface area contributed by atoms with Crippen molar-refractivity contribution in [3.63, 3.8) is 0 Å². The summed E-state index contributed by atoms with van der Waals surface area (Å²) in [5.74, 6) is 2.09. The van der Waals surface area contributed by atoms with Crippen molar-refractivity contribution in [2.45, 2.75) is 59.3 Å². The molecule has 0 aromatic carbocycles. The van der Waals surface area contributed by atoms with Crippen LogP contribution < -0.4 is 5.32 Å². The lowest BCUT2D eigenvalue weighted by Gasteiger charge is -2.22. The Balaban J connectivity index is 2.62. The van der Waals surface area contributed by atoms with Crippen LogP contribution in [0.4, 0.5) is 5.82 Å².